The second-order valence-corrected chi connectivity index (χ2v) is 4.13. The van der Waals surface area contributed by atoms with Gasteiger partial charge in [0.05, 0.1) is 12.2 Å². The number of aliphatic carboxylic acids is 1. The lowest BCUT2D eigenvalue weighted by atomic mass is 10.2. The van der Waals surface area contributed by atoms with Crippen molar-refractivity contribution in [2.75, 3.05) is 6.61 Å². The Morgan fingerprint density at radius 1 is 1.32 bits per heavy atom. The van der Waals surface area contributed by atoms with E-state index in [9.17, 15) is 4.79 Å². The molecule has 2 rings (SSSR count). The van der Waals surface area contributed by atoms with Gasteiger partial charge >= 0.3 is 5.97 Å². The largest absolute Gasteiger partial charge is 0.493 e. The molecular formula is C14H16N2O3. The molecule has 0 atom stereocenters. The Morgan fingerprint density at radius 2 is 2.16 bits per heavy atom. The van der Waals surface area contributed by atoms with Gasteiger partial charge in [0.15, 0.2) is 0 Å². The van der Waals surface area contributed by atoms with Gasteiger partial charge in [0.2, 0.25) is 0 Å². The molecule has 0 aliphatic carbocycles. The van der Waals surface area contributed by atoms with Crippen molar-refractivity contribution in [1.29, 1.82) is 0 Å². The maximum absolute atomic E-state index is 10.4. The maximum Gasteiger partial charge on any atom is 0.303 e. The molecule has 0 amide bonds. The molecule has 0 aliphatic rings. The van der Waals surface area contributed by atoms with Gasteiger partial charge in [-0.05, 0) is 25.0 Å². The minimum Gasteiger partial charge on any atom is -0.493 e. The summed E-state index contributed by atoms with van der Waals surface area (Å²) >= 11 is 0. The van der Waals surface area contributed by atoms with E-state index in [0.29, 0.717) is 13.0 Å². The maximum atomic E-state index is 10.4. The van der Waals surface area contributed by atoms with Crippen LogP contribution in [0.25, 0.3) is 11.4 Å². The third kappa shape index (κ3) is 3.84. The monoisotopic (exact) mass is 260 g/mol. The van der Waals surface area contributed by atoms with Gasteiger partial charge in [0, 0.05) is 18.8 Å². The quantitative estimate of drug-likeness (QED) is 0.750. The van der Waals surface area contributed by atoms with Crippen LogP contribution >= 0.6 is 0 Å². The van der Waals surface area contributed by atoms with Crippen molar-refractivity contribution >= 4 is 5.97 Å². The number of carboxylic acids is 1. The molecule has 1 heterocycles. The van der Waals surface area contributed by atoms with E-state index in [1.165, 1.54) is 0 Å². The highest BCUT2D eigenvalue weighted by molar-refractivity contribution is 5.66. The average molecular weight is 260 g/mol. The number of ether oxygens (including phenoxy) is 1. The first-order chi connectivity index (χ1) is 9.27. The number of nitrogens with one attached hydrogen (secondary N) is 1. The summed E-state index contributed by atoms with van der Waals surface area (Å²) in [6.45, 7) is 0.505. The van der Waals surface area contributed by atoms with Crippen molar-refractivity contribution in [3.63, 3.8) is 0 Å². The van der Waals surface area contributed by atoms with Crippen molar-refractivity contribution in [3.05, 3.63) is 36.7 Å². The lowest BCUT2D eigenvalue weighted by molar-refractivity contribution is -0.137. The summed E-state index contributed by atoms with van der Waals surface area (Å²) in [7, 11) is 0. The molecule has 0 radical (unpaired) electrons. The molecule has 19 heavy (non-hydrogen) atoms. The van der Waals surface area contributed by atoms with E-state index in [1.54, 1.807) is 12.4 Å². The first kappa shape index (κ1) is 13.1. The summed E-state index contributed by atoms with van der Waals surface area (Å²) < 4.78 is 5.69. The Kier molecular flexibility index (Phi) is 4.55. The van der Waals surface area contributed by atoms with Crippen LogP contribution in [-0.2, 0) is 4.79 Å². The highest BCUT2D eigenvalue weighted by Crippen LogP contribution is 2.26. The van der Waals surface area contributed by atoms with Crippen LogP contribution in [0.5, 0.6) is 5.75 Å². The highest BCUT2D eigenvalue weighted by Gasteiger charge is 2.07. The van der Waals surface area contributed by atoms with Crippen LogP contribution < -0.4 is 4.74 Å². The number of nitrogens with zero attached hydrogens (tertiary/aromatic N) is 1. The highest BCUT2D eigenvalue weighted by atomic mass is 16.5. The number of carboxylic acid groups (broad SMARTS) is 1. The summed E-state index contributed by atoms with van der Waals surface area (Å²) in [6.07, 6.45) is 4.98. The number of aromatic amines is 1. The second-order valence-electron chi connectivity index (χ2n) is 4.13. The van der Waals surface area contributed by atoms with Crippen molar-refractivity contribution in [1.82, 2.24) is 9.97 Å². The van der Waals surface area contributed by atoms with Crippen LogP contribution in [-0.4, -0.2) is 27.7 Å². The average Bonchev–Trinajstić information content (AvgIpc) is 2.92. The van der Waals surface area contributed by atoms with E-state index in [-0.39, 0.29) is 6.42 Å². The third-order valence-corrected chi connectivity index (χ3v) is 2.68. The second kappa shape index (κ2) is 6.58. The first-order valence-corrected chi connectivity index (χ1v) is 6.21. The first-order valence-electron chi connectivity index (χ1n) is 6.21. The molecule has 0 fully saturated rings. The van der Waals surface area contributed by atoms with Gasteiger partial charge in [-0.1, -0.05) is 12.1 Å². The summed E-state index contributed by atoms with van der Waals surface area (Å²) in [6, 6.07) is 7.65. The molecule has 0 saturated heterocycles. The fourth-order valence-corrected chi connectivity index (χ4v) is 1.76. The van der Waals surface area contributed by atoms with Gasteiger partial charge in [-0.15, -0.1) is 0 Å². The van der Waals surface area contributed by atoms with Gasteiger partial charge in [0.1, 0.15) is 11.6 Å². The van der Waals surface area contributed by atoms with E-state index in [2.05, 4.69) is 9.97 Å². The predicted octanol–water partition coefficient (Wildman–Crippen LogP) is 2.71. The Bertz CT molecular complexity index is 523. The van der Waals surface area contributed by atoms with Gasteiger partial charge in [-0.25, -0.2) is 4.98 Å². The molecule has 5 heteroatoms. The molecule has 1 aromatic heterocycles. The number of imidazole rings is 1. The van der Waals surface area contributed by atoms with Gasteiger partial charge in [-0.2, -0.15) is 0 Å². The molecule has 2 aromatic rings. The molecule has 0 bridgehead atoms. The predicted molar refractivity (Wildman–Crippen MR) is 71.0 cm³/mol. The molecule has 2 N–H and O–H groups in total. The van der Waals surface area contributed by atoms with Crippen LogP contribution in [0, 0.1) is 0 Å². The zero-order chi connectivity index (χ0) is 13.5. The summed E-state index contributed by atoms with van der Waals surface area (Å²) in [4.78, 5) is 17.6. The minimum absolute atomic E-state index is 0.184. The fraction of sp³-hybridized carbons (Fsp3) is 0.286. The van der Waals surface area contributed by atoms with E-state index < -0.39 is 5.97 Å². The topological polar surface area (TPSA) is 75.2 Å². The molecule has 100 valence electrons. The fourth-order valence-electron chi connectivity index (χ4n) is 1.76. The Morgan fingerprint density at radius 3 is 2.89 bits per heavy atom. The number of H-pyrrole nitrogens is 1. The lowest BCUT2D eigenvalue weighted by Crippen LogP contribution is -2.01. The number of unbranched alkanes of at least 4 members (excludes halogenated alkanes) is 1. The zero-order valence-electron chi connectivity index (χ0n) is 10.5. The Balaban J connectivity index is 1.92. The number of hydrogen-bond acceptors (Lipinski definition) is 3. The molecule has 0 unspecified atom stereocenters. The third-order valence-electron chi connectivity index (χ3n) is 2.68. The normalized spacial score (nSPS) is 10.3. The summed E-state index contributed by atoms with van der Waals surface area (Å²) in [5.74, 6) is 0.755. The zero-order valence-corrected chi connectivity index (χ0v) is 10.5. The number of rotatable bonds is 7. The Hall–Kier alpha value is -2.30. The van der Waals surface area contributed by atoms with Crippen molar-refractivity contribution in [3.8, 4) is 17.1 Å². The van der Waals surface area contributed by atoms with Crippen molar-refractivity contribution in [2.24, 2.45) is 0 Å². The van der Waals surface area contributed by atoms with Crippen LogP contribution in [0.3, 0.4) is 0 Å². The molecule has 1 aromatic carbocycles. The van der Waals surface area contributed by atoms with Crippen molar-refractivity contribution < 1.29 is 14.6 Å². The van der Waals surface area contributed by atoms with E-state index >= 15 is 0 Å². The summed E-state index contributed by atoms with van der Waals surface area (Å²) in [5.41, 5.74) is 0.908. The van der Waals surface area contributed by atoms with Gasteiger partial charge in [-0.3, -0.25) is 4.79 Å². The minimum atomic E-state index is -0.768. The standard InChI is InChI=1S/C14H16N2O3/c17-13(18)7-3-4-10-19-12-6-2-1-5-11(12)14-15-8-9-16-14/h1-2,5-6,8-9H,3-4,7,10H2,(H,15,16)(H,17,18). The van der Waals surface area contributed by atoms with Crippen LogP contribution in [0.1, 0.15) is 19.3 Å². The number of hydrogen-bond donors (Lipinski definition) is 2. The number of para-hydroxylation sites is 1. The number of aromatic nitrogens is 2. The number of benzene rings is 1. The van der Waals surface area contributed by atoms with E-state index in [0.717, 1.165) is 23.6 Å². The van der Waals surface area contributed by atoms with E-state index in [4.69, 9.17) is 9.84 Å². The summed E-state index contributed by atoms with van der Waals surface area (Å²) in [5, 5.41) is 8.55. The van der Waals surface area contributed by atoms with Crippen molar-refractivity contribution in [2.45, 2.75) is 19.3 Å². The van der Waals surface area contributed by atoms with Crippen LogP contribution in [0.15, 0.2) is 36.7 Å². The van der Waals surface area contributed by atoms with Crippen LogP contribution in [0.4, 0.5) is 0 Å². The molecule has 5 nitrogen and oxygen atoms in total. The molecule has 0 spiro atoms. The number of carbonyl (C=O) groups is 1. The molecule has 0 aliphatic heterocycles. The van der Waals surface area contributed by atoms with Gasteiger partial charge in [0.25, 0.3) is 0 Å². The molecule has 0 saturated carbocycles. The van der Waals surface area contributed by atoms with Crippen LogP contribution in [0.2, 0.25) is 0 Å². The smallest absolute Gasteiger partial charge is 0.303 e. The van der Waals surface area contributed by atoms with Gasteiger partial charge < -0.3 is 14.8 Å². The Labute approximate surface area is 111 Å². The lowest BCUT2D eigenvalue weighted by Gasteiger charge is -2.09. The van der Waals surface area contributed by atoms with E-state index in [1.807, 2.05) is 24.3 Å². The molecular weight excluding hydrogens is 244 g/mol. The SMILES string of the molecule is O=C(O)CCCCOc1ccccc1-c1ncc[nH]1.